The van der Waals surface area contributed by atoms with Gasteiger partial charge in [0.2, 0.25) is 0 Å². The van der Waals surface area contributed by atoms with Gasteiger partial charge < -0.3 is 15.2 Å². The monoisotopic (exact) mass is 345 g/mol. The SMILES string of the molecule is CCCOc1ccc(C(=S)NCCCCC(=O)O)c2ccccc12. The van der Waals surface area contributed by atoms with E-state index in [-0.39, 0.29) is 6.42 Å². The Morgan fingerprint density at radius 3 is 2.62 bits per heavy atom. The highest BCUT2D eigenvalue weighted by Crippen LogP contribution is 2.29. The van der Waals surface area contributed by atoms with Crippen molar-refractivity contribution < 1.29 is 14.6 Å². The number of hydrogen-bond acceptors (Lipinski definition) is 3. The van der Waals surface area contributed by atoms with E-state index in [4.69, 9.17) is 22.1 Å². The van der Waals surface area contributed by atoms with E-state index in [2.05, 4.69) is 12.2 Å². The van der Waals surface area contributed by atoms with E-state index in [1.165, 1.54) is 0 Å². The van der Waals surface area contributed by atoms with Crippen molar-refractivity contribution in [3.63, 3.8) is 0 Å². The van der Waals surface area contributed by atoms with Crippen LogP contribution in [-0.4, -0.2) is 29.2 Å². The number of hydrogen-bond donors (Lipinski definition) is 2. The number of rotatable bonds is 9. The second-order valence-corrected chi connectivity index (χ2v) is 6.02. The molecule has 24 heavy (non-hydrogen) atoms. The minimum Gasteiger partial charge on any atom is -0.493 e. The van der Waals surface area contributed by atoms with E-state index in [1.807, 2.05) is 36.4 Å². The van der Waals surface area contributed by atoms with E-state index in [0.717, 1.165) is 34.9 Å². The molecule has 0 amide bonds. The number of unbranched alkanes of at least 4 members (excludes halogenated alkanes) is 1. The van der Waals surface area contributed by atoms with Crippen LogP contribution in [0, 0.1) is 0 Å². The summed E-state index contributed by atoms with van der Waals surface area (Å²) in [7, 11) is 0. The molecule has 0 heterocycles. The Labute approximate surface area is 147 Å². The summed E-state index contributed by atoms with van der Waals surface area (Å²) in [6, 6.07) is 12.0. The summed E-state index contributed by atoms with van der Waals surface area (Å²) in [5, 5.41) is 14.0. The van der Waals surface area contributed by atoms with Crippen LogP contribution in [0.3, 0.4) is 0 Å². The largest absolute Gasteiger partial charge is 0.493 e. The molecule has 0 bridgehead atoms. The Bertz CT molecular complexity index is 715. The van der Waals surface area contributed by atoms with E-state index in [0.29, 0.717) is 24.6 Å². The third kappa shape index (κ3) is 4.93. The van der Waals surface area contributed by atoms with E-state index < -0.39 is 5.97 Å². The zero-order chi connectivity index (χ0) is 17.4. The van der Waals surface area contributed by atoms with Gasteiger partial charge in [-0.2, -0.15) is 0 Å². The summed E-state index contributed by atoms with van der Waals surface area (Å²) in [6.45, 7) is 3.45. The first-order chi connectivity index (χ1) is 11.6. The van der Waals surface area contributed by atoms with Gasteiger partial charge in [-0.25, -0.2) is 0 Å². The molecule has 0 aliphatic carbocycles. The Hall–Kier alpha value is -2.14. The van der Waals surface area contributed by atoms with Crippen molar-refractivity contribution in [1.29, 1.82) is 0 Å². The Kier molecular flexibility index (Phi) is 7.00. The highest BCUT2D eigenvalue weighted by Gasteiger charge is 2.10. The fourth-order valence-corrected chi connectivity index (χ4v) is 2.79. The zero-order valence-corrected chi connectivity index (χ0v) is 14.7. The molecule has 128 valence electrons. The second-order valence-electron chi connectivity index (χ2n) is 5.61. The molecule has 2 N–H and O–H groups in total. The molecule has 0 saturated carbocycles. The van der Waals surface area contributed by atoms with Gasteiger partial charge >= 0.3 is 5.97 Å². The summed E-state index contributed by atoms with van der Waals surface area (Å²) in [5.74, 6) is 0.117. The molecule has 0 fully saturated rings. The van der Waals surface area contributed by atoms with Crippen molar-refractivity contribution >= 4 is 33.9 Å². The topological polar surface area (TPSA) is 58.6 Å². The third-order valence-corrected chi connectivity index (χ3v) is 4.06. The first-order valence-electron chi connectivity index (χ1n) is 8.28. The number of carboxylic acids is 1. The molecule has 0 aliphatic rings. The number of thiocarbonyl (C=S) groups is 1. The van der Waals surface area contributed by atoms with Crippen molar-refractivity contribution in [3.8, 4) is 5.75 Å². The predicted molar refractivity (Wildman–Crippen MR) is 101 cm³/mol. The number of carboxylic acid groups (broad SMARTS) is 1. The molecule has 0 unspecified atom stereocenters. The van der Waals surface area contributed by atoms with Gasteiger partial charge in [-0.05, 0) is 36.8 Å². The first kappa shape index (κ1) is 18.2. The molecule has 0 saturated heterocycles. The highest BCUT2D eigenvalue weighted by molar-refractivity contribution is 7.80. The molecular formula is C19H23NO3S. The molecule has 0 aliphatic heterocycles. The van der Waals surface area contributed by atoms with Gasteiger partial charge in [-0.15, -0.1) is 0 Å². The van der Waals surface area contributed by atoms with Gasteiger partial charge in [0.1, 0.15) is 10.7 Å². The lowest BCUT2D eigenvalue weighted by Crippen LogP contribution is -2.23. The molecule has 2 rings (SSSR count). The van der Waals surface area contributed by atoms with E-state index >= 15 is 0 Å². The van der Waals surface area contributed by atoms with Crippen LogP contribution in [0.15, 0.2) is 36.4 Å². The van der Waals surface area contributed by atoms with Crippen molar-refractivity contribution in [1.82, 2.24) is 5.32 Å². The molecule has 0 aromatic heterocycles. The maximum absolute atomic E-state index is 10.5. The summed E-state index contributed by atoms with van der Waals surface area (Å²) in [4.78, 5) is 11.2. The molecule has 0 spiro atoms. The lowest BCUT2D eigenvalue weighted by Gasteiger charge is -2.14. The van der Waals surface area contributed by atoms with Crippen LogP contribution in [0.4, 0.5) is 0 Å². The smallest absolute Gasteiger partial charge is 0.303 e. The van der Waals surface area contributed by atoms with Gasteiger partial charge in [0.05, 0.1) is 6.61 Å². The Morgan fingerprint density at radius 1 is 1.17 bits per heavy atom. The molecule has 5 heteroatoms. The van der Waals surface area contributed by atoms with Gasteiger partial charge in [-0.1, -0.05) is 43.4 Å². The Morgan fingerprint density at radius 2 is 1.92 bits per heavy atom. The maximum Gasteiger partial charge on any atom is 0.303 e. The zero-order valence-electron chi connectivity index (χ0n) is 13.9. The van der Waals surface area contributed by atoms with Crippen LogP contribution in [0.25, 0.3) is 10.8 Å². The fourth-order valence-electron chi connectivity index (χ4n) is 2.51. The lowest BCUT2D eigenvalue weighted by atomic mass is 10.0. The molecule has 2 aromatic rings. The maximum atomic E-state index is 10.5. The second kappa shape index (κ2) is 9.23. The van der Waals surface area contributed by atoms with E-state index in [9.17, 15) is 4.79 Å². The quantitative estimate of drug-likeness (QED) is 0.528. The van der Waals surface area contributed by atoms with Crippen molar-refractivity contribution in [2.24, 2.45) is 0 Å². The number of benzene rings is 2. The molecule has 0 radical (unpaired) electrons. The van der Waals surface area contributed by atoms with Crippen LogP contribution in [-0.2, 0) is 4.79 Å². The van der Waals surface area contributed by atoms with Crippen LogP contribution in [0.1, 0.15) is 38.2 Å². The van der Waals surface area contributed by atoms with Crippen LogP contribution in [0.5, 0.6) is 5.75 Å². The van der Waals surface area contributed by atoms with Gasteiger partial charge in [0, 0.05) is 23.9 Å². The predicted octanol–water partition coefficient (Wildman–Crippen LogP) is 4.15. The van der Waals surface area contributed by atoms with E-state index in [1.54, 1.807) is 0 Å². The number of carbonyl (C=O) groups is 1. The highest BCUT2D eigenvalue weighted by atomic mass is 32.1. The van der Waals surface area contributed by atoms with Gasteiger partial charge in [0.15, 0.2) is 0 Å². The third-order valence-electron chi connectivity index (χ3n) is 3.69. The van der Waals surface area contributed by atoms with Crippen molar-refractivity contribution in [3.05, 3.63) is 42.0 Å². The number of fused-ring (bicyclic) bond motifs is 1. The lowest BCUT2D eigenvalue weighted by molar-refractivity contribution is -0.137. The van der Waals surface area contributed by atoms with Crippen molar-refractivity contribution in [2.75, 3.05) is 13.2 Å². The summed E-state index contributed by atoms with van der Waals surface area (Å²) >= 11 is 5.51. The van der Waals surface area contributed by atoms with Gasteiger partial charge in [-0.3, -0.25) is 4.79 Å². The fraction of sp³-hybridized carbons (Fsp3) is 0.368. The number of ether oxygens (including phenoxy) is 1. The number of aliphatic carboxylic acids is 1. The summed E-state index contributed by atoms with van der Waals surface area (Å²) < 4.78 is 5.82. The number of nitrogens with one attached hydrogen (secondary N) is 1. The van der Waals surface area contributed by atoms with Crippen LogP contribution < -0.4 is 10.1 Å². The molecule has 4 nitrogen and oxygen atoms in total. The minimum absolute atomic E-state index is 0.195. The molecule has 2 aromatic carbocycles. The molecular weight excluding hydrogens is 322 g/mol. The average molecular weight is 345 g/mol. The normalized spacial score (nSPS) is 10.5. The molecule has 0 atom stereocenters. The first-order valence-corrected chi connectivity index (χ1v) is 8.69. The van der Waals surface area contributed by atoms with Gasteiger partial charge in [0.25, 0.3) is 0 Å². The van der Waals surface area contributed by atoms with Crippen LogP contribution >= 0.6 is 12.2 Å². The van der Waals surface area contributed by atoms with Crippen LogP contribution in [0.2, 0.25) is 0 Å². The average Bonchev–Trinajstić information content (AvgIpc) is 2.58. The minimum atomic E-state index is -0.758. The summed E-state index contributed by atoms with van der Waals surface area (Å²) in [6.07, 6.45) is 2.59. The summed E-state index contributed by atoms with van der Waals surface area (Å²) in [5.41, 5.74) is 0.975. The van der Waals surface area contributed by atoms with Crippen molar-refractivity contribution in [2.45, 2.75) is 32.6 Å². The standard InChI is InChI=1S/C19H23NO3S/c1-2-13-23-17-11-10-16(14-7-3-4-8-15(14)17)19(24)20-12-6-5-9-18(21)22/h3-4,7-8,10-11H,2,5-6,9,12-13H2,1H3,(H,20,24)(H,21,22). The Balaban J connectivity index is 2.08.